The molecule has 1 amide bonds. The second-order valence-corrected chi connectivity index (χ2v) is 3.98. The summed E-state index contributed by atoms with van der Waals surface area (Å²) < 4.78 is 0. The maximum atomic E-state index is 11.0. The van der Waals surface area contributed by atoms with E-state index < -0.39 is 0 Å². The second kappa shape index (κ2) is 2.84. The fourth-order valence-corrected chi connectivity index (χ4v) is 2.01. The third-order valence-corrected chi connectivity index (χ3v) is 2.36. The van der Waals surface area contributed by atoms with Crippen LogP contribution in [0.3, 0.4) is 0 Å². The van der Waals surface area contributed by atoms with Crippen LogP contribution in [0.15, 0.2) is 0 Å². The van der Waals surface area contributed by atoms with Crippen molar-refractivity contribution in [2.24, 2.45) is 5.92 Å². The van der Waals surface area contributed by atoms with E-state index in [1.165, 1.54) is 0 Å². The number of carbonyl (C=O) groups is 1. The van der Waals surface area contributed by atoms with Crippen LogP contribution >= 0.6 is 0 Å². The molecule has 64 valence electrons. The van der Waals surface area contributed by atoms with Crippen molar-refractivity contribution in [1.29, 1.82) is 0 Å². The van der Waals surface area contributed by atoms with Gasteiger partial charge in [-0.25, -0.2) is 0 Å². The first-order valence-corrected chi connectivity index (χ1v) is 4.37. The predicted octanol–water partition coefficient (Wildman–Crippen LogP) is 1.70. The number of nitrogens with one attached hydrogen (secondary N) is 1. The molecule has 0 aliphatic heterocycles. The zero-order valence-electron chi connectivity index (χ0n) is 7.61. The summed E-state index contributed by atoms with van der Waals surface area (Å²) in [5.74, 6) is 0.969. The number of hydrogen-bond acceptors (Lipinski definition) is 1. The molecule has 0 atom stereocenters. The van der Waals surface area contributed by atoms with E-state index in [4.69, 9.17) is 0 Å². The first kappa shape index (κ1) is 8.57. The fraction of sp³-hybridized carbons (Fsp3) is 0.889. The van der Waals surface area contributed by atoms with Crippen molar-refractivity contribution in [3.63, 3.8) is 0 Å². The highest BCUT2D eigenvalue weighted by molar-refractivity contribution is 5.76. The highest BCUT2D eigenvalue weighted by Crippen LogP contribution is 2.36. The molecule has 1 saturated carbocycles. The average molecular weight is 155 g/mol. The van der Waals surface area contributed by atoms with Crippen LogP contribution in [0, 0.1) is 5.92 Å². The number of rotatable bonds is 2. The molecule has 0 saturated heterocycles. The van der Waals surface area contributed by atoms with Gasteiger partial charge in [0.25, 0.3) is 0 Å². The molecule has 1 N–H and O–H groups in total. The number of hydrogen-bond donors (Lipinski definition) is 1. The molecule has 2 heteroatoms. The minimum absolute atomic E-state index is 0.118. The molecule has 1 aliphatic carbocycles. The van der Waals surface area contributed by atoms with Gasteiger partial charge in [0.2, 0.25) is 5.91 Å². The van der Waals surface area contributed by atoms with Gasteiger partial charge in [0, 0.05) is 12.0 Å². The molecule has 0 aromatic heterocycles. The first-order valence-electron chi connectivity index (χ1n) is 4.37. The average Bonchev–Trinajstić information content (AvgIpc) is 1.84. The molecule has 11 heavy (non-hydrogen) atoms. The van der Waals surface area contributed by atoms with Gasteiger partial charge >= 0.3 is 0 Å². The van der Waals surface area contributed by atoms with Gasteiger partial charge in [0.15, 0.2) is 0 Å². The van der Waals surface area contributed by atoms with Gasteiger partial charge in [-0.05, 0) is 25.7 Å². The highest BCUT2D eigenvalue weighted by Gasteiger charge is 2.38. The summed E-state index contributed by atoms with van der Waals surface area (Å²) in [5.41, 5.74) is 0.118. The lowest BCUT2D eigenvalue weighted by molar-refractivity contribution is -0.124. The minimum atomic E-state index is 0.118. The summed E-state index contributed by atoms with van der Waals surface area (Å²) in [7, 11) is 0. The molecule has 1 fully saturated rings. The summed E-state index contributed by atoms with van der Waals surface area (Å²) in [6.45, 7) is 6.24. The summed E-state index contributed by atoms with van der Waals surface area (Å²) >= 11 is 0. The maximum absolute atomic E-state index is 11.0. The smallest absolute Gasteiger partial charge is 0.220 e. The van der Waals surface area contributed by atoms with Crippen molar-refractivity contribution in [3.05, 3.63) is 0 Å². The second-order valence-electron chi connectivity index (χ2n) is 3.98. The molecular formula is C9H17NO. The van der Waals surface area contributed by atoms with Crippen LogP contribution in [0.25, 0.3) is 0 Å². The first-order chi connectivity index (χ1) is 5.06. The molecule has 1 aliphatic rings. The van der Waals surface area contributed by atoms with Gasteiger partial charge < -0.3 is 5.32 Å². The predicted molar refractivity (Wildman–Crippen MR) is 45.2 cm³/mol. The Labute approximate surface area is 68.4 Å². The van der Waals surface area contributed by atoms with Gasteiger partial charge in [-0.3, -0.25) is 4.79 Å². The normalized spacial score (nSPS) is 36.1. The quantitative estimate of drug-likeness (QED) is 0.646. The molecule has 0 unspecified atom stereocenters. The van der Waals surface area contributed by atoms with E-state index in [-0.39, 0.29) is 11.4 Å². The SMILES string of the molecule is CCC(=O)NC1(C)CC(C)C1. The lowest BCUT2D eigenvalue weighted by Crippen LogP contribution is -2.54. The van der Waals surface area contributed by atoms with E-state index in [2.05, 4.69) is 19.2 Å². The topological polar surface area (TPSA) is 29.1 Å². The van der Waals surface area contributed by atoms with Crippen molar-refractivity contribution in [2.75, 3.05) is 0 Å². The van der Waals surface area contributed by atoms with Gasteiger partial charge in [-0.15, -0.1) is 0 Å². The molecular weight excluding hydrogens is 138 g/mol. The Bertz CT molecular complexity index is 159. The molecule has 0 bridgehead atoms. The molecule has 0 radical (unpaired) electrons. The Morgan fingerprint density at radius 3 is 2.55 bits per heavy atom. The lowest BCUT2D eigenvalue weighted by atomic mass is 9.70. The number of amides is 1. The molecule has 0 spiro atoms. The van der Waals surface area contributed by atoms with Crippen LogP contribution in [0.4, 0.5) is 0 Å². The van der Waals surface area contributed by atoms with Crippen LogP contribution in [0.1, 0.15) is 40.0 Å². The Hall–Kier alpha value is -0.530. The van der Waals surface area contributed by atoms with Gasteiger partial charge in [-0.1, -0.05) is 13.8 Å². The van der Waals surface area contributed by atoms with E-state index >= 15 is 0 Å². The van der Waals surface area contributed by atoms with Crippen LogP contribution in [0.5, 0.6) is 0 Å². The zero-order valence-corrected chi connectivity index (χ0v) is 7.61. The van der Waals surface area contributed by atoms with E-state index in [0.717, 1.165) is 18.8 Å². The summed E-state index contributed by atoms with van der Waals surface area (Å²) in [6, 6.07) is 0. The summed E-state index contributed by atoms with van der Waals surface area (Å²) in [6.07, 6.45) is 2.88. The van der Waals surface area contributed by atoms with Crippen molar-refractivity contribution >= 4 is 5.91 Å². The Morgan fingerprint density at radius 1 is 1.64 bits per heavy atom. The molecule has 1 rings (SSSR count). The Morgan fingerprint density at radius 2 is 2.18 bits per heavy atom. The zero-order chi connectivity index (χ0) is 8.48. The highest BCUT2D eigenvalue weighted by atomic mass is 16.1. The fourth-order valence-electron chi connectivity index (χ4n) is 2.01. The largest absolute Gasteiger partial charge is 0.351 e. The van der Waals surface area contributed by atoms with Crippen molar-refractivity contribution < 1.29 is 4.79 Å². The van der Waals surface area contributed by atoms with Crippen molar-refractivity contribution in [1.82, 2.24) is 5.32 Å². The van der Waals surface area contributed by atoms with Gasteiger partial charge in [0.05, 0.1) is 0 Å². The van der Waals surface area contributed by atoms with E-state index in [1.54, 1.807) is 0 Å². The molecule has 0 aromatic carbocycles. The van der Waals surface area contributed by atoms with Crippen LogP contribution < -0.4 is 5.32 Å². The van der Waals surface area contributed by atoms with Crippen LogP contribution in [0.2, 0.25) is 0 Å². The van der Waals surface area contributed by atoms with E-state index in [1.807, 2.05) is 6.92 Å². The molecule has 2 nitrogen and oxygen atoms in total. The van der Waals surface area contributed by atoms with E-state index in [9.17, 15) is 4.79 Å². The summed E-state index contributed by atoms with van der Waals surface area (Å²) in [4.78, 5) is 11.0. The third kappa shape index (κ3) is 1.95. The van der Waals surface area contributed by atoms with Crippen molar-refractivity contribution in [3.8, 4) is 0 Å². The Kier molecular flexibility index (Phi) is 2.21. The summed E-state index contributed by atoms with van der Waals surface area (Å²) in [5, 5.41) is 3.03. The lowest BCUT2D eigenvalue weighted by Gasteiger charge is -2.44. The van der Waals surface area contributed by atoms with Gasteiger partial charge in [0.1, 0.15) is 0 Å². The monoisotopic (exact) mass is 155 g/mol. The standard InChI is InChI=1S/C9H17NO/c1-4-8(11)10-9(3)5-7(2)6-9/h7H,4-6H2,1-3H3,(H,10,11). The van der Waals surface area contributed by atoms with Crippen LogP contribution in [-0.4, -0.2) is 11.4 Å². The van der Waals surface area contributed by atoms with Gasteiger partial charge in [-0.2, -0.15) is 0 Å². The van der Waals surface area contributed by atoms with E-state index in [0.29, 0.717) is 6.42 Å². The third-order valence-electron chi connectivity index (χ3n) is 2.36. The maximum Gasteiger partial charge on any atom is 0.220 e. The van der Waals surface area contributed by atoms with Crippen LogP contribution in [-0.2, 0) is 4.79 Å². The van der Waals surface area contributed by atoms with Crippen molar-refractivity contribution in [2.45, 2.75) is 45.6 Å². The molecule has 0 heterocycles. The minimum Gasteiger partial charge on any atom is -0.351 e. The number of carbonyl (C=O) groups excluding carboxylic acids is 1. The molecule has 0 aromatic rings. The Balaban J connectivity index is 2.32.